The van der Waals surface area contributed by atoms with Crippen LogP contribution in [0.2, 0.25) is 0 Å². The number of aromatic nitrogens is 3. The predicted octanol–water partition coefficient (Wildman–Crippen LogP) is 1.67. The second kappa shape index (κ2) is 4.01. The number of aryl methyl sites for hydroxylation is 2. The first-order valence-corrected chi connectivity index (χ1v) is 5.30. The molecule has 2 aromatic rings. The first kappa shape index (κ1) is 11.3. The van der Waals surface area contributed by atoms with Gasteiger partial charge < -0.3 is 5.73 Å². The number of ketones is 1. The Labute approximate surface area is 99.3 Å². The van der Waals surface area contributed by atoms with Gasteiger partial charge in [0, 0.05) is 11.3 Å². The van der Waals surface area contributed by atoms with Gasteiger partial charge in [-0.25, -0.2) is 9.67 Å². The van der Waals surface area contributed by atoms with Crippen LogP contribution in [0.1, 0.15) is 28.9 Å². The van der Waals surface area contributed by atoms with Crippen LogP contribution in [0.5, 0.6) is 0 Å². The van der Waals surface area contributed by atoms with Gasteiger partial charge in [0.1, 0.15) is 11.6 Å². The minimum Gasteiger partial charge on any atom is -0.398 e. The molecule has 2 rings (SSSR count). The van der Waals surface area contributed by atoms with Gasteiger partial charge >= 0.3 is 0 Å². The molecular formula is C12H14N4O. The van der Waals surface area contributed by atoms with E-state index in [0.717, 1.165) is 11.5 Å². The van der Waals surface area contributed by atoms with Crippen LogP contribution in [0.4, 0.5) is 5.69 Å². The highest BCUT2D eigenvalue weighted by atomic mass is 16.1. The third kappa shape index (κ3) is 2.04. The molecule has 0 radical (unpaired) electrons. The standard InChI is InChI=1S/C12H14N4O/c1-7(17)11-5-4-10(6-12(11)13)16-9(3)14-8(2)15-16/h4-6H,13H2,1-3H3. The molecule has 0 fully saturated rings. The molecule has 0 spiro atoms. The van der Waals surface area contributed by atoms with E-state index in [1.54, 1.807) is 16.8 Å². The fraction of sp³-hybridized carbons (Fsp3) is 0.250. The first-order chi connectivity index (χ1) is 7.99. The van der Waals surface area contributed by atoms with Gasteiger partial charge in [-0.1, -0.05) is 0 Å². The Morgan fingerprint density at radius 3 is 2.53 bits per heavy atom. The van der Waals surface area contributed by atoms with Crippen LogP contribution >= 0.6 is 0 Å². The highest BCUT2D eigenvalue weighted by Gasteiger charge is 2.09. The topological polar surface area (TPSA) is 73.8 Å². The largest absolute Gasteiger partial charge is 0.398 e. The minimum absolute atomic E-state index is 0.0412. The average molecular weight is 230 g/mol. The molecule has 2 N–H and O–H groups in total. The Balaban J connectivity index is 2.51. The summed E-state index contributed by atoms with van der Waals surface area (Å²) in [5.41, 5.74) is 7.64. The summed E-state index contributed by atoms with van der Waals surface area (Å²) in [4.78, 5) is 15.5. The molecule has 5 nitrogen and oxygen atoms in total. The van der Waals surface area contributed by atoms with Crippen molar-refractivity contribution in [1.29, 1.82) is 0 Å². The van der Waals surface area contributed by atoms with Gasteiger partial charge in [0.2, 0.25) is 0 Å². The number of carbonyl (C=O) groups is 1. The molecule has 17 heavy (non-hydrogen) atoms. The fourth-order valence-corrected chi connectivity index (χ4v) is 1.77. The maximum absolute atomic E-state index is 11.3. The summed E-state index contributed by atoms with van der Waals surface area (Å²) in [6.45, 7) is 5.20. The highest BCUT2D eigenvalue weighted by molar-refractivity contribution is 5.99. The van der Waals surface area contributed by atoms with E-state index in [0.29, 0.717) is 17.1 Å². The van der Waals surface area contributed by atoms with Crippen LogP contribution in [-0.2, 0) is 0 Å². The molecule has 0 aliphatic carbocycles. The number of carbonyl (C=O) groups excluding carboxylic acids is 1. The number of nitrogens with zero attached hydrogens (tertiary/aromatic N) is 3. The molecule has 0 saturated carbocycles. The fourth-order valence-electron chi connectivity index (χ4n) is 1.77. The number of hydrogen-bond donors (Lipinski definition) is 1. The third-order valence-electron chi connectivity index (χ3n) is 2.53. The maximum Gasteiger partial charge on any atom is 0.161 e. The van der Waals surface area contributed by atoms with Gasteiger partial charge in [0.05, 0.1) is 5.69 Å². The number of benzene rings is 1. The zero-order valence-corrected chi connectivity index (χ0v) is 10.1. The molecule has 1 heterocycles. The van der Waals surface area contributed by atoms with Crippen molar-refractivity contribution in [3.8, 4) is 5.69 Å². The molecule has 0 atom stereocenters. The number of nitrogen functional groups attached to an aromatic ring is 1. The Kier molecular flexibility index (Phi) is 2.67. The summed E-state index contributed by atoms with van der Waals surface area (Å²) < 4.78 is 1.70. The summed E-state index contributed by atoms with van der Waals surface area (Å²) in [5.74, 6) is 1.45. The second-order valence-electron chi connectivity index (χ2n) is 3.95. The summed E-state index contributed by atoms with van der Waals surface area (Å²) in [6, 6.07) is 5.26. The normalized spacial score (nSPS) is 10.5. The lowest BCUT2D eigenvalue weighted by Gasteiger charge is -2.06. The molecule has 88 valence electrons. The Hall–Kier alpha value is -2.17. The van der Waals surface area contributed by atoms with Crippen molar-refractivity contribution < 1.29 is 4.79 Å². The molecule has 1 aromatic heterocycles. The van der Waals surface area contributed by atoms with Crippen LogP contribution in [0.25, 0.3) is 5.69 Å². The lowest BCUT2D eigenvalue weighted by molar-refractivity contribution is 0.101. The van der Waals surface area contributed by atoms with Crippen LogP contribution in [0, 0.1) is 13.8 Å². The molecule has 0 aliphatic heterocycles. The number of Topliss-reactive ketones (excluding diaryl/α,β-unsaturated/α-hetero) is 1. The van der Waals surface area contributed by atoms with E-state index in [2.05, 4.69) is 10.1 Å². The molecule has 5 heteroatoms. The van der Waals surface area contributed by atoms with Crippen LogP contribution in [-0.4, -0.2) is 20.5 Å². The van der Waals surface area contributed by atoms with E-state index in [1.807, 2.05) is 19.9 Å². The van der Waals surface area contributed by atoms with Gasteiger partial charge in [-0.2, -0.15) is 5.10 Å². The molecule has 0 bridgehead atoms. The van der Waals surface area contributed by atoms with E-state index in [9.17, 15) is 4.79 Å². The van der Waals surface area contributed by atoms with Crippen molar-refractivity contribution in [3.05, 3.63) is 35.4 Å². The molecule has 0 amide bonds. The van der Waals surface area contributed by atoms with Crippen molar-refractivity contribution in [2.45, 2.75) is 20.8 Å². The van der Waals surface area contributed by atoms with Gasteiger partial charge in [0.15, 0.2) is 5.78 Å². The summed E-state index contributed by atoms with van der Waals surface area (Å²) >= 11 is 0. The van der Waals surface area contributed by atoms with E-state index < -0.39 is 0 Å². The Morgan fingerprint density at radius 2 is 2.06 bits per heavy atom. The average Bonchev–Trinajstić information content (AvgIpc) is 2.57. The number of anilines is 1. The van der Waals surface area contributed by atoms with Gasteiger partial charge in [-0.15, -0.1) is 0 Å². The van der Waals surface area contributed by atoms with Crippen molar-refractivity contribution in [3.63, 3.8) is 0 Å². The Bertz CT molecular complexity index is 586. The summed E-state index contributed by atoms with van der Waals surface area (Å²) in [6.07, 6.45) is 0. The van der Waals surface area contributed by atoms with Crippen LogP contribution in [0.15, 0.2) is 18.2 Å². The van der Waals surface area contributed by atoms with Gasteiger partial charge in [-0.05, 0) is 39.0 Å². The monoisotopic (exact) mass is 230 g/mol. The highest BCUT2D eigenvalue weighted by Crippen LogP contribution is 2.18. The predicted molar refractivity (Wildman–Crippen MR) is 65.2 cm³/mol. The number of rotatable bonds is 2. The SMILES string of the molecule is CC(=O)c1ccc(-n2nc(C)nc2C)cc1N. The maximum atomic E-state index is 11.3. The molecule has 0 unspecified atom stereocenters. The molecular weight excluding hydrogens is 216 g/mol. The van der Waals surface area contributed by atoms with Crippen molar-refractivity contribution >= 4 is 11.5 Å². The van der Waals surface area contributed by atoms with Crippen molar-refractivity contribution in [2.75, 3.05) is 5.73 Å². The van der Waals surface area contributed by atoms with E-state index >= 15 is 0 Å². The Morgan fingerprint density at radius 1 is 1.35 bits per heavy atom. The molecule has 1 aromatic carbocycles. The van der Waals surface area contributed by atoms with Gasteiger partial charge in [-0.3, -0.25) is 4.79 Å². The van der Waals surface area contributed by atoms with Crippen molar-refractivity contribution in [2.24, 2.45) is 0 Å². The zero-order valence-electron chi connectivity index (χ0n) is 10.1. The van der Waals surface area contributed by atoms with Gasteiger partial charge in [0.25, 0.3) is 0 Å². The van der Waals surface area contributed by atoms with E-state index in [4.69, 9.17) is 5.73 Å². The first-order valence-electron chi connectivity index (χ1n) is 5.30. The van der Waals surface area contributed by atoms with E-state index in [1.165, 1.54) is 6.92 Å². The second-order valence-corrected chi connectivity index (χ2v) is 3.95. The lowest BCUT2D eigenvalue weighted by Crippen LogP contribution is -2.04. The van der Waals surface area contributed by atoms with Crippen molar-refractivity contribution in [1.82, 2.24) is 14.8 Å². The van der Waals surface area contributed by atoms with Crippen LogP contribution < -0.4 is 5.73 Å². The minimum atomic E-state index is -0.0412. The molecule has 0 aliphatic rings. The number of hydrogen-bond acceptors (Lipinski definition) is 4. The lowest BCUT2D eigenvalue weighted by atomic mass is 10.1. The van der Waals surface area contributed by atoms with E-state index in [-0.39, 0.29) is 5.78 Å². The smallest absolute Gasteiger partial charge is 0.161 e. The summed E-state index contributed by atoms with van der Waals surface area (Å²) in [5, 5.41) is 4.26. The zero-order chi connectivity index (χ0) is 12.6. The third-order valence-corrected chi connectivity index (χ3v) is 2.53. The molecule has 0 saturated heterocycles. The number of nitrogens with two attached hydrogens (primary N) is 1. The summed E-state index contributed by atoms with van der Waals surface area (Å²) in [7, 11) is 0. The van der Waals surface area contributed by atoms with Crippen LogP contribution in [0.3, 0.4) is 0 Å². The quantitative estimate of drug-likeness (QED) is 0.629.